The van der Waals surface area contributed by atoms with E-state index in [1.807, 2.05) is 0 Å². The van der Waals surface area contributed by atoms with Gasteiger partial charge in [-0.05, 0) is 19.8 Å². The molecule has 1 fully saturated rings. The summed E-state index contributed by atoms with van der Waals surface area (Å²) in [5, 5.41) is 11.0. The molecular formula is C12H20N2O5. The summed E-state index contributed by atoms with van der Waals surface area (Å²) in [6.45, 7) is 1.74. The standard InChI is InChI=1S/C12H20N2O5/c1-7(6-19-12(18)8-3-2-4-8)14-11(17)9(13)5-10(15)16/h7-9H,2-6,13H2,1H3,(H,14,17)(H,15,16)/t7-,9+/m0/s1. The zero-order valence-electron chi connectivity index (χ0n) is 10.9. The van der Waals surface area contributed by atoms with E-state index in [1.165, 1.54) is 0 Å². The minimum atomic E-state index is -1.13. The third-order valence-electron chi connectivity index (χ3n) is 3.03. The van der Waals surface area contributed by atoms with Crippen molar-refractivity contribution in [2.45, 2.75) is 44.7 Å². The number of hydrogen-bond donors (Lipinski definition) is 3. The van der Waals surface area contributed by atoms with Crippen molar-refractivity contribution in [1.82, 2.24) is 5.32 Å². The summed E-state index contributed by atoms with van der Waals surface area (Å²) in [7, 11) is 0. The number of hydrogen-bond acceptors (Lipinski definition) is 5. The second-order valence-corrected chi connectivity index (χ2v) is 4.87. The van der Waals surface area contributed by atoms with E-state index in [-0.39, 0.29) is 18.5 Å². The van der Waals surface area contributed by atoms with Crippen molar-refractivity contribution in [3.8, 4) is 0 Å². The normalized spacial score (nSPS) is 18.0. The molecule has 0 aromatic heterocycles. The molecule has 0 bridgehead atoms. The predicted octanol–water partition coefficient (Wildman–Crippen LogP) is -0.364. The number of carboxylic acid groups (broad SMARTS) is 1. The van der Waals surface area contributed by atoms with Crippen LogP contribution >= 0.6 is 0 Å². The van der Waals surface area contributed by atoms with Gasteiger partial charge in [-0.15, -0.1) is 0 Å². The van der Waals surface area contributed by atoms with Crippen molar-refractivity contribution in [3.63, 3.8) is 0 Å². The smallest absolute Gasteiger partial charge is 0.309 e. The first kappa shape index (κ1) is 15.4. The van der Waals surface area contributed by atoms with Gasteiger partial charge in [0, 0.05) is 0 Å². The minimum absolute atomic E-state index is 0.00262. The van der Waals surface area contributed by atoms with Crippen LogP contribution in [0.3, 0.4) is 0 Å². The van der Waals surface area contributed by atoms with Crippen LogP contribution in [0, 0.1) is 5.92 Å². The predicted molar refractivity (Wildman–Crippen MR) is 66.1 cm³/mol. The second-order valence-electron chi connectivity index (χ2n) is 4.87. The molecule has 1 aliphatic rings. The van der Waals surface area contributed by atoms with Crippen LogP contribution in [0.4, 0.5) is 0 Å². The number of carbonyl (C=O) groups is 3. The zero-order valence-corrected chi connectivity index (χ0v) is 10.9. The Labute approximate surface area is 111 Å². The molecule has 108 valence electrons. The van der Waals surface area contributed by atoms with Crippen LogP contribution < -0.4 is 11.1 Å². The molecule has 0 unspecified atom stereocenters. The Morgan fingerprint density at radius 3 is 2.53 bits per heavy atom. The number of amides is 1. The molecule has 0 heterocycles. The van der Waals surface area contributed by atoms with Gasteiger partial charge in [-0.2, -0.15) is 0 Å². The number of carboxylic acids is 1. The molecule has 4 N–H and O–H groups in total. The van der Waals surface area contributed by atoms with Crippen LogP contribution in [0.25, 0.3) is 0 Å². The van der Waals surface area contributed by atoms with Crippen LogP contribution in [0.15, 0.2) is 0 Å². The Bertz CT molecular complexity index is 354. The van der Waals surface area contributed by atoms with E-state index in [4.69, 9.17) is 15.6 Å². The van der Waals surface area contributed by atoms with Gasteiger partial charge in [0.25, 0.3) is 0 Å². The molecule has 1 amide bonds. The molecule has 0 radical (unpaired) electrons. The number of nitrogens with one attached hydrogen (secondary N) is 1. The molecule has 19 heavy (non-hydrogen) atoms. The van der Waals surface area contributed by atoms with Crippen molar-refractivity contribution in [2.75, 3.05) is 6.61 Å². The maximum atomic E-state index is 11.5. The molecule has 2 atom stereocenters. The molecule has 1 aliphatic carbocycles. The van der Waals surface area contributed by atoms with Gasteiger partial charge in [0.05, 0.1) is 24.4 Å². The van der Waals surface area contributed by atoms with E-state index in [0.29, 0.717) is 0 Å². The Hall–Kier alpha value is -1.63. The second kappa shape index (κ2) is 7.08. The molecule has 1 rings (SSSR count). The van der Waals surface area contributed by atoms with E-state index in [9.17, 15) is 14.4 Å². The topological polar surface area (TPSA) is 119 Å². The van der Waals surface area contributed by atoms with E-state index in [2.05, 4.69) is 5.32 Å². The van der Waals surface area contributed by atoms with E-state index in [1.54, 1.807) is 6.92 Å². The lowest BCUT2D eigenvalue weighted by molar-refractivity contribution is -0.152. The molecular weight excluding hydrogens is 252 g/mol. The van der Waals surface area contributed by atoms with Crippen LogP contribution in [0.2, 0.25) is 0 Å². The van der Waals surface area contributed by atoms with Crippen LogP contribution in [-0.4, -0.2) is 41.6 Å². The lowest BCUT2D eigenvalue weighted by atomic mass is 9.86. The fourth-order valence-corrected chi connectivity index (χ4v) is 1.64. The van der Waals surface area contributed by atoms with Crippen molar-refractivity contribution in [1.29, 1.82) is 0 Å². The van der Waals surface area contributed by atoms with Crippen molar-refractivity contribution in [2.24, 2.45) is 11.7 Å². The molecule has 0 saturated heterocycles. The summed E-state index contributed by atoms with van der Waals surface area (Å²) in [5.41, 5.74) is 5.40. The summed E-state index contributed by atoms with van der Waals surface area (Å²) in [5.74, 6) is -1.93. The van der Waals surface area contributed by atoms with Gasteiger partial charge >= 0.3 is 11.9 Å². The number of ether oxygens (including phenoxy) is 1. The van der Waals surface area contributed by atoms with E-state index >= 15 is 0 Å². The lowest BCUT2D eigenvalue weighted by Crippen LogP contribution is -2.47. The lowest BCUT2D eigenvalue weighted by Gasteiger charge is -2.24. The van der Waals surface area contributed by atoms with Gasteiger partial charge in [-0.1, -0.05) is 6.42 Å². The zero-order chi connectivity index (χ0) is 14.4. The number of nitrogens with two attached hydrogens (primary N) is 1. The highest BCUT2D eigenvalue weighted by molar-refractivity contribution is 5.86. The highest BCUT2D eigenvalue weighted by Crippen LogP contribution is 2.27. The Morgan fingerprint density at radius 2 is 2.05 bits per heavy atom. The Morgan fingerprint density at radius 1 is 1.42 bits per heavy atom. The quantitative estimate of drug-likeness (QED) is 0.544. The maximum Gasteiger partial charge on any atom is 0.309 e. The molecule has 0 aliphatic heterocycles. The van der Waals surface area contributed by atoms with Gasteiger partial charge in [-0.25, -0.2) is 0 Å². The molecule has 1 saturated carbocycles. The summed E-state index contributed by atoms with van der Waals surface area (Å²) in [6.07, 6.45) is 2.35. The average molecular weight is 272 g/mol. The molecule has 0 spiro atoms. The molecule has 7 nitrogen and oxygen atoms in total. The Balaban J connectivity index is 2.22. The molecule has 7 heteroatoms. The minimum Gasteiger partial charge on any atom is -0.481 e. The molecule has 0 aromatic rings. The first-order chi connectivity index (χ1) is 8.90. The van der Waals surface area contributed by atoms with Crippen molar-refractivity contribution >= 4 is 17.8 Å². The fraction of sp³-hybridized carbons (Fsp3) is 0.750. The maximum absolute atomic E-state index is 11.5. The van der Waals surface area contributed by atoms with Gasteiger partial charge in [-0.3, -0.25) is 14.4 Å². The fourth-order valence-electron chi connectivity index (χ4n) is 1.64. The summed E-state index contributed by atoms with van der Waals surface area (Å²) in [4.78, 5) is 33.4. The van der Waals surface area contributed by atoms with Crippen LogP contribution in [0.5, 0.6) is 0 Å². The number of esters is 1. The van der Waals surface area contributed by atoms with Gasteiger partial charge < -0.3 is 20.9 Å². The third kappa shape index (κ3) is 5.25. The SMILES string of the molecule is C[C@@H](COC(=O)C1CCC1)NC(=O)[C@H](N)CC(=O)O. The van der Waals surface area contributed by atoms with Crippen molar-refractivity contribution in [3.05, 3.63) is 0 Å². The average Bonchev–Trinajstić information content (AvgIpc) is 2.22. The third-order valence-corrected chi connectivity index (χ3v) is 3.03. The molecule has 0 aromatic carbocycles. The summed E-state index contributed by atoms with van der Waals surface area (Å²) >= 11 is 0. The first-order valence-electron chi connectivity index (χ1n) is 6.34. The highest BCUT2D eigenvalue weighted by Gasteiger charge is 2.27. The monoisotopic (exact) mass is 272 g/mol. The number of carbonyl (C=O) groups excluding carboxylic acids is 2. The van der Waals surface area contributed by atoms with E-state index in [0.717, 1.165) is 19.3 Å². The van der Waals surface area contributed by atoms with Gasteiger partial charge in [0.2, 0.25) is 5.91 Å². The number of aliphatic carboxylic acids is 1. The Kier molecular flexibility index (Phi) is 5.75. The number of rotatable bonds is 7. The van der Waals surface area contributed by atoms with E-state index < -0.39 is 30.4 Å². The first-order valence-corrected chi connectivity index (χ1v) is 6.34. The van der Waals surface area contributed by atoms with Crippen molar-refractivity contribution < 1.29 is 24.2 Å². The van der Waals surface area contributed by atoms with Gasteiger partial charge in [0.1, 0.15) is 6.61 Å². The van der Waals surface area contributed by atoms with Gasteiger partial charge in [0.15, 0.2) is 0 Å². The summed E-state index contributed by atoms with van der Waals surface area (Å²) < 4.78 is 5.06. The highest BCUT2D eigenvalue weighted by atomic mass is 16.5. The summed E-state index contributed by atoms with van der Waals surface area (Å²) in [6, 6.07) is -1.49. The van der Waals surface area contributed by atoms with Crippen LogP contribution in [-0.2, 0) is 19.1 Å². The largest absolute Gasteiger partial charge is 0.481 e. The van der Waals surface area contributed by atoms with Crippen LogP contribution in [0.1, 0.15) is 32.6 Å².